The summed E-state index contributed by atoms with van der Waals surface area (Å²) in [7, 11) is -2.13. The smallest absolute Gasteiger partial charge is 0.427 e. The molecule has 98 valence electrons. The van der Waals surface area contributed by atoms with Crippen molar-refractivity contribution in [3.05, 3.63) is 23.2 Å². The lowest BCUT2D eigenvalue weighted by Crippen LogP contribution is -2.30. The van der Waals surface area contributed by atoms with Crippen LogP contribution in [0.4, 0.5) is 5.69 Å². The molecule has 0 aliphatic rings. The van der Waals surface area contributed by atoms with Crippen molar-refractivity contribution < 1.29 is 13.2 Å². The summed E-state index contributed by atoms with van der Waals surface area (Å²) in [6.45, 7) is 4.30. The van der Waals surface area contributed by atoms with Gasteiger partial charge in [0.05, 0.1) is 18.1 Å². The predicted molar refractivity (Wildman–Crippen MR) is 67.8 cm³/mol. The van der Waals surface area contributed by atoms with Gasteiger partial charge in [0, 0.05) is 13.1 Å². The first kappa shape index (κ1) is 14.4. The zero-order valence-corrected chi connectivity index (χ0v) is 11.4. The van der Waals surface area contributed by atoms with Crippen LogP contribution in [0.1, 0.15) is 13.8 Å². The summed E-state index contributed by atoms with van der Waals surface area (Å²) in [4.78, 5) is 3.10. The van der Waals surface area contributed by atoms with E-state index in [2.05, 4.69) is 4.98 Å². The second kappa shape index (κ2) is 5.80. The van der Waals surface area contributed by atoms with E-state index in [0.717, 1.165) is 0 Å². The molecule has 18 heavy (non-hydrogen) atoms. The zero-order chi connectivity index (χ0) is 13.8. The molecular formula is C11H16N3O3S+. The molecule has 0 spiro atoms. The molecule has 0 bridgehead atoms. The molecule has 0 aromatic heterocycles. The van der Waals surface area contributed by atoms with Crippen LogP contribution in [-0.2, 0) is 10.0 Å². The first-order chi connectivity index (χ1) is 8.51. The van der Waals surface area contributed by atoms with E-state index >= 15 is 0 Å². The summed E-state index contributed by atoms with van der Waals surface area (Å²) in [6.07, 6.45) is 0. The van der Waals surface area contributed by atoms with Crippen LogP contribution in [0.2, 0.25) is 0 Å². The van der Waals surface area contributed by atoms with Gasteiger partial charge in [-0.1, -0.05) is 13.8 Å². The Hall–Kier alpha value is -1.65. The van der Waals surface area contributed by atoms with Crippen molar-refractivity contribution in [2.45, 2.75) is 18.7 Å². The highest BCUT2D eigenvalue weighted by Gasteiger charge is 2.26. The minimum atomic E-state index is -3.55. The average molecular weight is 270 g/mol. The molecule has 0 saturated carbocycles. The Morgan fingerprint density at radius 2 is 1.94 bits per heavy atom. The first-order valence-electron chi connectivity index (χ1n) is 5.54. The largest absolute Gasteiger partial charge is 0.489 e. The van der Waals surface area contributed by atoms with Crippen molar-refractivity contribution in [1.29, 1.82) is 5.39 Å². The van der Waals surface area contributed by atoms with Crippen LogP contribution >= 0.6 is 0 Å². The summed E-state index contributed by atoms with van der Waals surface area (Å²) in [5.74, 6) is 0.316. The van der Waals surface area contributed by atoms with Crippen LogP contribution in [0.15, 0.2) is 23.1 Å². The molecule has 0 saturated heterocycles. The Morgan fingerprint density at radius 1 is 1.33 bits per heavy atom. The standard InChI is InChI=1S/C11H16N3O3S/c1-4-14(5-2)18(15,16)9-6-7-11(17-3)10(8-9)13-12/h6-8H,4-5H2,1-3H3/q+1. The van der Waals surface area contributed by atoms with Gasteiger partial charge >= 0.3 is 5.69 Å². The van der Waals surface area contributed by atoms with Crippen LogP contribution in [0, 0.1) is 5.39 Å². The molecule has 7 heteroatoms. The fraction of sp³-hybridized carbons (Fsp3) is 0.455. The van der Waals surface area contributed by atoms with E-state index in [1.807, 2.05) is 0 Å². The van der Waals surface area contributed by atoms with Crippen LogP contribution < -0.4 is 4.74 Å². The van der Waals surface area contributed by atoms with Gasteiger partial charge in [-0.3, -0.25) is 0 Å². The lowest BCUT2D eigenvalue weighted by atomic mass is 10.3. The first-order valence-corrected chi connectivity index (χ1v) is 6.98. The fourth-order valence-corrected chi connectivity index (χ4v) is 3.10. The molecule has 0 amide bonds. The summed E-state index contributed by atoms with van der Waals surface area (Å²) in [5.41, 5.74) is 0.0886. The maximum Gasteiger partial charge on any atom is 0.427 e. The van der Waals surface area contributed by atoms with Gasteiger partial charge in [0.1, 0.15) is 0 Å². The van der Waals surface area contributed by atoms with Crippen molar-refractivity contribution in [3.8, 4) is 5.75 Å². The highest BCUT2D eigenvalue weighted by atomic mass is 32.2. The van der Waals surface area contributed by atoms with E-state index in [-0.39, 0.29) is 10.6 Å². The van der Waals surface area contributed by atoms with Crippen LogP contribution in [0.5, 0.6) is 5.75 Å². The van der Waals surface area contributed by atoms with Crippen molar-refractivity contribution in [2.24, 2.45) is 0 Å². The molecule has 6 nitrogen and oxygen atoms in total. The lowest BCUT2D eigenvalue weighted by Gasteiger charge is -2.17. The van der Waals surface area contributed by atoms with Crippen molar-refractivity contribution in [3.63, 3.8) is 0 Å². The van der Waals surface area contributed by atoms with Gasteiger partial charge in [0.2, 0.25) is 21.2 Å². The van der Waals surface area contributed by atoms with E-state index in [4.69, 9.17) is 10.1 Å². The quantitative estimate of drug-likeness (QED) is 0.769. The number of sulfonamides is 1. The van der Waals surface area contributed by atoms with Crippen molar-refractivity contribution in [1.82, 2.24) is 4.31 Å². The van der Waals surface area contributed by atoms with Gasteiger partial charge in [-0.25, -0.2) is 8.42 Å². The van der Waals surface area contributed by atoms with Gasteiger partial charge in [0.25, 0.3) is 0 Å². The second-order valence-corrected chi connectivity index (χ2v) is 5.46. The van der Waals surface area contributed by atoms with Gasteiger partial charge in [0.15, 0.2) is 4.98 Å². The number of hydrogen-bond acceptors (Lipinski definition) is 4. The lowest BCUT2D eigenvalue weighted by molar-refractivity contribution is 0.416. The van der Waals surface area contributed by atoms with E-state index in [9.17, 15) is 8.42 Å². The summed E-state index contributed by atoms with van der Waals surface area (Å²) in [5, 5.41) is 8.83. The minimum Gasteiger partial charge on any atom is -0.489 e. The number of rotatable bonds is 5. The van der Waals surface area contributed by atoms with Crippen molar-refractivity contribution in [2.75, 3.05) is 20.2 Å². The molecule has 0 aliphatic heterocycles. The maximum absolute atomic E-state index is 12.2. The Morgan fingerprint density at radius 3 is 2.39 bits per heavy atom. The molecular weight excluding hydrogens is 254 g/mol. The third-order valence-corrected chi connectivity index (χ3v) is 4.65. The molecule has 0 radical (unpaired) electrons. The number of benzene rings is 1. The number of ether oxygens (including phenoxy) is 1. The Balaban J connectivity index is 3.31. The molecule has 0 aliphatic carbocycles. The number of methoxy groups -OCH3 is 1. The third kappa shape index (κ3) is 2.60. The molecule has 0 unspecified atom stereocenters. The number of hydrogen-bond donors (Lipinski definition) is 0. The Bertz CT molecular complexity index is 559. The highest BCUT2D eigenvalue weighted by molar-refractivity contribution is 7.89. The van der Waals surface area contributed by atoms with Gasteiger partial charge in [-0.15, -0.1) is 0 Å². The molecule has 0 atom stereocenters. The minimum absolute atomic E-state index is 0.0831. The fourth-order valence-electron chi connectivity index (χ4n) is 1.62. The average Bonchev–Trinajstić information content (AvgIpc) is 2.38. The molecule has 1 aromatic carbocycles. The van der Waals surface area contributed by atoms with Gasteiger partial charge in [-0.05, 0) is 12.1 Å². The molecule has 1 aromatic rings. The third-order valence-electron chi connectivity index (χ3n) is 2.60. The van der Waals surface area contributed by atoms with Gasteiger partial charge < -0.3 is 4.74 Å². The zero-order valence-electron chi connectivity index (χ0n) is 10.6. The normalized spacial score (nSPS) is 11.3. The predicted octanol–water partition coefficient (Wildman–Crippen LogP) is 2.21. The highest BCUT2D eigenvalue weighted by Crippen LogP contribution is 2.30. The molecule has 0 heterocycles. The number of nitrogens with zero attached hydrogens (tertiary/aromatic N) is 3. The number of diazo groups is 1. The summed E-state index contributed by atoms with van der Waals surface area (Å²) in [6, 6.07) is 4.18. The summed E-state index contributed by atoms with van der Waals surface area (Å²) < 4.78 is 30.7. The van der Waals surface area contributed by atoms with Crippen LogP contribution in [-0.4, -0.2) is 32.9 Å². The topological polar surface area (TPSA) is 74.8 Å². The SMILES string of the molecule is CCN(CC)S(=O)(=O)c1ccc(OC)c([N+]#N)c1. The second-order valence-electron chi connectivity index (χ2n) is 3.52. The Labute approximate surface area is 107 Å². The van der Waals surface area contributed by atoms with Crippen molar-refractivity contribution >= 4 is 15.7 Å². The Kier molecular flexibility index (Phi) is 4.64. The van der Waals surface area contributed by atoms with E-state index in [1.165, 1.54) is 29.6 Å². The molecule has 0 N–H and O–H groups in total. The molecule has 1 rings (SSSR count). The molecule has 0 fully saturated rings. The summed E-state index contributed by atoms with van der Waals surface area (Å²) >= 11 is 0. The maximum atomic E-state index is 12.2. The van der Waals surface area contributed by atoms with Crippen LogP contribution in [0.3, 0.4) is 0 Å². The monoisotopic (exact) mass is 270 g/mol. The van der Waals surface area contributed by atoms with Crippen LogP contribution in [0.25, 0.3) is 4.98 Å². The van der Waals surface area contributed by atoms with E-state index < -0.39 is 10.0 Å². The van der Waals surface area contributed by atoms with Gasteiger partial charge in [-0.2, -0.15) is 4.31 Å². The van der Waals surface area contributed by atoms with E-state index in [0.29, 0.717) is 18.8 Å². The van der Waals surface area contributed by atoms with E-state index in [1.54, 1.807) is 13.8 Å².